The van der Waals surface area contributed by atoms with E-state index in [0.29, 0.717) is 6.61 Å². The van der Waals surface area contributed by atoms with Gasteiger partial charge in [-0.2, -0.15) is 0 Å². The lowest BCUT2D eigenvalue weighted by atomic mass is 10.1. The molecule has 0 heterocycles. The lowest BCUT2D eigenvalue weighted by Gasteiger charge is -2.20. The second-order valence-electron chi connectivity index (χ2n) is 12.6. The molecule has 10 heteroatoms. The Morgan fingerprint density at radius 3 is 1.72 bits per heavy atom. The summed E-state index contributed by atoms with van der Waals surface area (Å²) in [6.45, 7) is 3.43. The number of allylic oxidation sites excluding steroid dienone is 4. The number of carbonyl (C=O) groups is 1. The molecular weight excluding hydrogens is 619 g/mol. The third kappa shape index (κ3) is 34.6. The van der Waals surface area contributed by atoms with Crippen molar-refractivity contribution in [1.29, 1.82) is 0 Å². The van der Waals surface area contributed by atoms with Crippen molar-refractivity contribution in [2.45, 2.75) is 174 Å². The van der Waals surface area contributed by atoms with Gasteiger partial charge in [-0.25, -0.2) is 4.57 Å². The molecule has 0 amide bonds. The number of aliphatic hydroxyl groups excluding tert-OH is 2. The molecule has 0 aromatic carbocycles. The van der Waals surface area contributed by atoms with Crippen molar-refractivity contribution in [3.63, 3.8) is 0 Å². The first-order valence-electron chi connectivity index (χ1n) is 18.8. The molecule has 0 aliphatic heterocycles. The maximum absolute atomic E-state index is 12.4. The SMILES string of the molecule is CCCCCC/C=C\C/C=C\CCCCCCCCCCOCC(COP(=O)(O)OCC(O)CO)OC(=O)CCCCCCCCC. The Labute approximate surface area is 287 Å². The molecule has 0 radical (unpaired) electrons. The quantitative estimate of drug-likeness (QED) is 0.0254. The summed E-state index contributed by atoms with van der Waals surface area (Å²) in [5.41, 5.74) is 0. The molecule has 0 fully saturated rings. The van der Waals surface area contributed by atoms with Gasteiger partial charge in [0, 0.05) is 13.0 Å². The summed E-state index contributed by atoms with van der Waals surface area (Å²) in [5, 5.41) is 18.2. The number of ether oxygens (including phenoxy) is 2. The van der Waals surface area contributed by atoms with Gasteiger partial charge >= 0.3 is 13.8 Å². The van der Waals surface area contributed by atoms with Crippen LogP contribution in [0.4, 0.5) is 0 Å². The zero-order valence-electron chi connectivity index (χ0n) is 30.0. The average Bonchev–Trinajstić information content (AvgIpc) is 3.06. The van der Waals surface area contributed by atoms with Crippen LogP contribution in [0.1, 0.15) is 162 Å². The number of esters is 1. The molecule has 9 nitrogen and oxygen atoms in total. The highest BCUT2D eigenvalue weighted by Gasteiger charge is 2.26. The van der Waals surface area contributed by atoms with Gasteiger partial charge in [-0.1, -0.05) is 134 Å². The fourth-order valence-corrected chi connectivity index (χ4v) is 5.76. The molecule has 0 spiro atoms. The fraction of sp³-hybridized carbons (Fsp3) is 0.865. The second-order valence-corrected chi connectivity index (χ2v) is 14.1. The van der Waals surface area contributed by atoms with Gasteiger partial charge in [0.2, 0.25) is 0 Å². The summed E-state index contributed by atoms with van der Waals surface area (Å²) >= 11 is 0. The van der Waals surface area contributed by atoms with E-state index in [4.69, 9.17) is 23.6 Å². The normalized spacial score (nSPS) is 14.6. The molecular formula is C37H71O9P. The van der Waals surface area contributed by atoms with Crippen molar-refractivity contribution in [3.05, 3.63) is 24.3 Å². The predicted molar refractivity (Wildman–Crippen MR) is 191 cm³/mol. The molecule has 0 bridgehead atoms. The molecule has 0 aromatic rings. The number of phosphoric acid groups is 1. The third-order valence-electron chi connectivity index (χ3n) is 7.89. The Morgan fingerprint density at radius 1 is 0.660 bits per heavy atom. The molecule has 3 atom stereocenters. The summed E-state index contributed by atoms with van der Waals surface area (Å²) in [5.74, 6) is -0.392. The van der Waals surface area contributed by atoms with Crippen LogP contribution in [-0.2, 0) is 27.9 Å². The Bertz CT molecular complexity index is 790. The van der Waals surface area contributed by atoms with Crippen LogP contribution < -0.4 is 0 Å². The van der Waals surface area contributed by atoms with Crippen molar-refractivity contribution >= 4 is 13.8 Å². The second kappa shape index (κ2) is 34.8. The number of unbranched alkanes of at least 4 members (excludes halogenated alkanes) is 18. The summed E-state index contributed by atoms with van der Waals surface area (Å²) in [6.07, 6.45) is 33.0. The average molecular weight is 691 g/mol. The first kappa shape index (κ1) is 45.9. The zero-order valence-corrected chi connectivity index (χ0v) is 30.9. The topological polar surface area (TPSA) is 132 Å². The molecule has 3 N–H and O–H groups in total. The number of hydrogen-bond acceptors (Lipinski definition) is 8. The summed E-state index contributed by atoms with van der Waals surface area (Å²) in [4.78, 5) is 22.3. The number of rotatable bonds is 36. The predicted octanol–water partition coefficient (Wildman–Crippen LogP) is 9.53. The molecule has 0 aromatic heterocycles. The first-order chi connectivity index (χ1) is 22.8. The molecule has 0 aliphatic rings. The standard InChI is InChI=1S/C37H71O9P/c1-3-5-7-9-11-12-13-14-15-16-17-18-19-20-21-22-24-26-28-30-43-33-36(34-45-47(41,42)44-32-35(39)31-38)46-37(40)29-27-25-23-10-8-6-4-2/h12-13,15-16,35-36,38-39H,3-11,14,17-34H2,1-2H3,(H,41,42)/b13-12-,16-15-. The van der Waals surface area contributed by atoms with Gasteiger partial charge in [0.25, 0.3) is 0 Å². The molecule has 0 aliphatic carbocycles. The van der Waals surface area contributed by atoms with Gasteiger partial charge < -0.3 is 24.6 Å². The molecule has 0 saturated heterocycles. The van der Waals surface area contributed by atoms with Crippen LogP contribution in [-0.4, -0.2) is 66.3 Å². The van der Waals surface area contributed by atoms with Gasteiger partial charge in [-0.05, 0) is 44.9 Å². The van der Waals surface area contributed by atoms with E-state index in [0.717, 1.165) is 51.4 Å². The zero-order chi connectivity index (χ0) is 34.7. The van der Waals surface area contributed by atoms with E-state index in [2.05, 4.69) is 38.2 Å². The molecule has 3 unspecified atom stereocenters. The highest BCUT2D eigenvalue weighted by molar-refractivity contribution is 7.47. The fourth-order valence-electron chi connectivity index (χ4n) is 4.97. The van der Waals surface area contributed by atoms with Crippen LogP contribution >= 0.6 is 7.82 Å². The van der Waals surface area contributed by atoms with Crippen molar-refractivity contribution in [2.75, 3.05) is 33.0 Å². The van der Waals surface area contributed by atoms with E-state index in [1.807, 2.05) is 0 Å². The molecule has 278 valence electrons. The van der Waals surface area contributed by atoms with E-state index < -0.39 is 39.2 Å². The monoisotopic (exact) mass is 690 g/mol. The van der Waals surface area contributed by atoms with Crippen LogP contribution in [0, 0.1) is 0 Å². The van der Waals surface area contributed by atoms with Crippen molar-refractivity contribution in [2.24, 2.45) is 0 Å². The van der Waals surface area contributed by atoms with E-state index in [-0.39, 0.29) is 19.6 Å². The highest BCUT2D eigenvalue weighted by Crippen LogP contribution is 2.43. The highest BCUT2D eigenvalue weighted by atomic mass is 31.2. The maximum Gasteiger partial charge on any atom is 0.472 e. The summed E-state index contributed by atoms with van der Waals surface area (Å²) < 4.78 is 33.1. The van der Waals surface area contributed by atoms with Gasteiger partial charge in [-0.15, -0.1) is 0 Å². The van der Waals surface area contributed by atoms with Crippen molar-refractivity contribution in [1.82, 2.24) is 0 Å². The Balaban J connectivity index is 4.10. The summed E-state index contributed by atoms with van der Waals surface area (Å²) in [7, 11) is -4.50. The minimum Gasteiger partial charge on any atom is -0.457 e. The largest absolute Gasteiger partial charge is 0.472 e. The van der Waals surface area contributed by atoms with Gasteiger partial charge in [-0.3, -0.25) is 13.8 Å². The van der Waals surface area contributed by atoms with Crippen LogP contribution in [0.3, 0.4) is 0 Å². The number of carbonyl (C=O) groups excluding carboxylic acids is 1. The minimum atomic E-state index is -4.50. The molecule has 0 rings (SSSR count). The Hall–Kier alpha value is -1.06. The summed E-state index contributed by atoms with van der Waals surface area (Å²) in [6, 6.07) is 0. The Kier molecular flexibility index (Phi) is 34.0. The van der Waals surface area contributed by atoms with Crippen LogP contribution in [0.5, 0.6) is 0 Å². The maximum atomic E-state index is 12.4. The van der Waals surface area contributed by atoms with Crippen molar-refractivity contribution in [3.8, 4) is 0 Å². The number of hydrogen-bond donors (Lipinski definition) is 3. The Morgan fingerprint density at radius 2 is 1.15 bits per heavy atom. The lowest BCUT2D eigenvalue weighted by molar-refractivity contribution is -0.154. The van der Waals surface area contributed by atoms with E-state index in [1.165, 1.54) is 89.9 Å². The smallest absolute Gasteiger partial charge is 0.457 e. The van der Waals surface area contributed by atoms with E-state index in [1.54, 1.807) is 0 Å². The number of aliphatic hydroxyl groups is 2. The van der Waals surface area contributed by atoms with Gasteiger partial charge in [0.1, 0.15) is 12.2 Å². The lowest BCUT2D eigenvalue weighted by Crippen LogP contribution is -2.29. The van der Waals surface area contributed by atoms with E-state index in [9.17, 15) is 19.4 Å². The van der Waals surface area contributed by atoms with E-state index >= 15 is 0 Å². The number of phosphoric ester groups is 1. The third-order valence-corrected chi connectivity index (χ3v) is 8.84. The van der Waals surface area contributed by atoms with Crippen LogP contribution in [0.25, 0.3) is 0 Å². The molecule has 47 heavy (non-hydrogen) atoms. The minimum absolute atomic E-state index is 0.0474. The van der Waals surface area contributed by atoms with Gasteiger partial charge in [0.05, 0.1) is 26.4 Å². The van der Waals surface area contributed by atoms with Crippen LogP contribution in [0.15, 0.2) is 24.3 Å². The van der Waals surface area contributed by atoms with Gasteiger partial charge in [0.15, 0.2) is 0 Å². The van der Waals surface area contributed by atoms with Crippen molar-refractivity contribution < 1.29 is 43.0 Å². The molecule has 0 saturated carbocycles. The first-order valence-corrected chi connectivity index (χ1v) is 20.3. The van der Waals surface area contributed by atoms with Crippen LogP contribution in [0.2, 0.25) is 0 Å².